The topological polar surface area (TPSA) is 59.3 Å². The first-order chi connectivity index (χ1) is 13.2. The average molecular weight is 417 g/mol. The fourth-order valence-corrected chi connectivity index (χ4v) is 3.22. The Morgan fingerprint density at radius 1 is 1.00 bits per heavy atom. The molecule has 2 rings (SSSR count). The van der Waals surface area contributed by atoms with Crippen molar-refractivity contribution in [2.24, 2.45) is 0 Å². The molecule has 0 radical (unpaired) electrons. The Morgan fingerprint density at radius 3 is 2.04 bits per heavy atom. The number of nitrogens with zero attached hydrogens (tertiary/aromatic N) is 1. The zero-order chi connectivity index (χ0) is 21.0. The molecule has 148 valence electrons. The van der Waals surface area contributed by atoms with Gasteiger partial charge in [-0.15, -0.1) is 0 Å². The minimum atomic E-state index is -2.32. The highest BCUT2D eigenvalue weighted by Crippen LogP contribution is 2.29. The highest BCUT2D eigenvalue weighted by Gasteiger charge is 2.25. The molecule has 0 aromatic heterocycles. The summed E-state index contributed by atoms with van der Waals surface area (Å²) in [4.78, 5) is -0.669. The zero-order valence-electron chi connectivity index (χ0n) is 14.5. The first-order valence-corrected chi connectivity index (χ1v) is 8.79. The van der Waals surface area contributed by atoms with Gasteiger partial charge in [-0.25, -0.2) is 22.0 Å². The number of nitriles is 1. The molecule has 0 saturated heterocycles. The van der Waals surface area contributed by atoms with Crippen LogP contribution in [0.3, 0.4) is 0 Å². The number of hydrogen-bond donors (Lipinski definition) is 0. The maximum absolute atomic E-state index is 13.8. The summed E-state index contributed by atoms with van der Waals surface area (Å²) >= 11 is 0. The van der Waals surface area contributed by atoms with E-state index in [0.717, 1.165) is 0 Å². The number of methoxy groups -OCH3 is 2. The van der Waals surface area contributed by atoms with Crippen molar-refractivity contribution >= 4 is 16.9 Å². The van der Waals surface area contributed by atoms with Crippen LogP contribution in [0.25, 0.3) is 6.08 Å². The van der Waals surface area contributed by atoms with Crippen LogP contribution in [0.15, 0.2) is 23.1 Å². The van der Waals surface area contributed by atoms with E-state index in [2.05, 4.69) is 0 Å². The third-order valence-electron chi connectivity index (χ3n) is 3.62. The molecule has 1 unspecified atom stereocenters. The molecule has 0 saturated carbocycles. The van der Waals surface area contributed by atoms with E-state index in [1.807, 2.05) is 0 Å². The van der Waals surface area contributed by atoms with Gasteiger partial charge in [-0.05, 0) is 23.8 Å². The summed E-state index contributed by atoms with van der Waals surface area (Å²) in [5, 5.41) is 9.13. The van der Waals surface area contributed by atoms with E-state index in [0.29, 0.717) is 23.1 Å². The SMILES string of the molecule is COc1ccc(CS(=O)C(C#N)=Cc2c(F)c(F)c(F)c(F)c2F)cc1OC. The van der Waals surface area contributed by atoms with Crippen molar-refractivity contribution in [1.29, 1.82) is 5.26 Å². The molecule has 4 nitrogen and oxygen atoms in total. The summed E-state index contributed by atoms with van der Waals surface area (Å²) in [6.45, 7) is 0. The molecule has 2 aromatic rings. The lowest BCUT2D eigenvalue weighted by molar-refractivity contribution is 0.354. The summed E-state index contributed by atoms with van der Waals surface area (Å²) < 4.78 is 89.7. The second-order valence-electron chi connectivity index (χ2n) is 5.28. The van der Waals surface area contributed by atoms with E-state index < -0.39 is 50.4 Å². The van der Waals surface area contributed by atoms with Gasteiger partial charge < -0.3 is 9.47 Å². The van der Waals surface area contributed by atoms with Crippen LogP contribution in [0.2, 0.25) is 0 Å². The Bertz CT molecular complexity index is 988. The van der Waals surface area contributed by atoms with Gasteiger partial charge in [0, 0.05) is 0 Å². The lowest BCUT2D eigenvalue weighted by Gasteiger charge is -2.09. The molecule has 0 N–H and O–H groups in total. The van der Waals surface area contributed by atoms with Gasteiger partial charge in [0.15, 0.2) is 34.8 Å². The smallest absolute Gasteiger partial charge is 0.200 e. The van der Waals surface area contributed by atoms with Crippen LogP contribution in [0.4, 0.5) is 22.0 Å². The lowest BCUT2D eigenvalue weighted by Crippen LogP contribution is -2.05. The van der Waals surface area contributed by atoms with E-state index in [4.69, 9.17) is 14.7 Å². The maximum atomic E-state index is 13.8. The molecule has 0 heterocycles. The minimum Gasteiger partial charge on any atom is -0.493 e. The molecule has 2 aromatic carbocycles. The number of halogens is 5. The molecule has 0 aliphatic heterocycles. The molecule has 1 atom stereocenters. The Hall–Kier alpha value is -2.93. The van der Waals surface area contributed by atoms with Crippen LogP contribution in [0.1, 0.15) is 11.1 Å². The highest BCUT2D eigenvalue weighted by atomic mass is 32.2. The van der Waals surface area contributed by atoms with Crippen molar-refractivity contribution in [3.05, 3.63) is 63.3 Å². The molecular formula is C18H12F5NO3S. The van der Waals surface area contributed by atoms with Gasteiger partial charge in [0.25, 0.3) is 0 Å². The van der Waals surface area contributed by atoms with E-state index >= 15 is 0 Å². The fourth-order valence-electron chi connectivity index (χ4n) is 2.23. The molecule has 10 heteroatoms. The van der Waals surface area contributed by atoms with Gasteiger partial charge in [-0.2, -0.15) is 5.26 Å². The number of benzene rings is 2. The molecule has 0 spiro atoms. The monoisotopic (exact) mass is 417 g/mol. The van der Waals surface area contributed by atoms with Crippen molar-refractivity contribution in [2.75, 3.05) is 14.2 Å². The predicted molar refractivity (Wildman–Crippen MR) is 91.2 cm³/mol. The predicted octanol–water partition coefficient (Wildman–Crippen LogP) is 4.21. The van der Waals surface area contributed by atoms with Gasteiger partial charge in [0.1, 0.15) is 11.0 Å². The van der Waals surface area contributed by atoms with Crippen LogP contribution in [0.5, 0.6) is 11.5 Å². The second kappa shape index (κ2) is 8.84. The molecule has 28 heavy (non-hydrogen) atoms. The average Bonchev–Trinajstić information content (AvgIpc) is 2.70. The zero-order valence-corrected chi connectivity index (χ0v) is 15.3. The number of ether oxygens (including phenoxy) is 2. The summed E-state index contributed by atoms with van der Waals surface area (Å²) in [5.74, 6) is -10.4. The normalized spacial score (nSPS) is 12.4. The van der Waals surface area contributed by atoms with E-state index in [1.54, 1.807) is 0 Å². The first kappa shape index (κ1) is 21.4. The number of rotatable bonds is 6. The molecule has 0 amide bonds. The molecule has 0 fully saturated rings. The largest absolute Gasteiger partial charge is 0.493 e. The van der Waals surface area contributed by atoms with Gasteiger partial charge in [0.2, 0.25) is 5.82 Å². The van der Waals surface area contributed by atoms with Crippen LogP contribution in [-0.2, 0) is 16.6 Å². The summed E-state index contributed by atoms with van der Waals surface area (Å²) in [6, 6.07) is 5.98. The maximum Gasteiger partial charge on any atom is 0.200 e. The Morgan fingerprint density at radius 2 is 1.54 bits per heavy atom. The first-order valence-electron chi connectivity index (χ1n) is 7.47. The third kappa shape index (κ3) is 4.14. The van der Waals surface area contributed by atoms with Crippen molar-refractivity contribution in [2.45, 2.75) is 5.75 Å². The minimum absolute atomic E-state index is 0.269. The lowest BCUT2D eigenvalue weighted by atomic mass is 10.1. The van der Waals surface area contributed by atoms with E-state index in [-0.39, 0.29) is 5.75 Å². The van der Waals surface area contributed by atoms with Crippen LogP contribution in [0, 0.1) is 40.4 Å². The molecule has 0 aliphatic rings. The van der Waals surface area contributed by atoms with E-state index in [9.17, 15) is 26.2 Å². The number of allylic oxidation sites excluding steroid dienone is 1. The summed E-state index contributed by atoms with van der Waals surface area (Å²) in [7, 11) is 0.659. The standard InChI is InChI=1S/C18H12F5NO3S/c1-26-12-4-3-9(5-13(12)27-2)8-28(25)10(7-24)6-11-14(19)16(21)18(23)17(22)15(11)20/h3-6H,8H2,1-2H3. The molecule has 0 aliphatic carbocycles. The molecule has 0 bridgehead atoms. The quantitative estimate of drug-likeness (QED) is 0.306. The van der Waals surface area contributed by atoms with Gasteiger partial charge in [-0.1, -0.05) is 6.07 Å². The van der Waals surface area contributed by atoms with Crippen LogP contribution < -0.4 is 9.47 Å². The fraction of sp³-hybridized carbons (Fsp3) is 0.167. The van der Waals surface area contributed by atoms with Crippen molar-refractivity contribution < 1.29 is 35.6 Å². The number of hydrogen-bond acceptors (Lipinski definition) is 4. The Kier molecular flexibility index (Phi) is 6.75. The van der Waals surface area contributed by atoms with Crippen molar-refractivity contribution in [1.82, 2.24) is 0 Å². The van der Waals surface area contributed by atoms with Gasteiger partial charge in [-0.3, -0.25) is 4.21 Å². The van der Waals surface area contributed by atoms with Crippen molar-refractivity contribution in [3.63, 3.8) is 0 Å². The van der Waals surface area contributed by atoms with Gasteiger partial charge >= 0.3 is 0 Å². The summed E-state index contributed by atoms with van der Waals surface area (Å²) in [6.07, 6.45) is 0.382. The second-order valence-corrected chi connectivity index (χ2v) is 6.70. The Balaban J connectivity index is 2.42. The van der Waals surface area contributed by atoms with E-state index in [1.165, 1.54) is 38.5 Å². The van der Waals surface area contributed by atoms with Crippen molar-refractivity contribution in [3.8, 4) is 17.6 Å². The van der Waals surface area contributed by atoms with Crippen LogP contribution in [-0.4, -0.2) is 18.4 Å². The Labute approximate surface area is 159 Å². The van der Waals surface area contributed by atoms with Crippen LogP contribution >= 0.6 is 0 Å². The molecular weight excluding hydrogens is 405 g/mol. The van der Waals surface area contributed by atoms with Gasteiger partial charge in [0.05, 0.1) is 36.3 Å². The third-order valence-corrected chi connectivity index (χ3v) is 4.92. The highest BCUT2D eigenvalue weighted by molar-refractivity contribution is 7.88. The summed E-state index contributed by atoms with van der Waals surface area (Å²) in [5.41, 5.74) is -0.914.